The lowest BCUT2D eigenvalue weighted by molar-refractivity contribution is -0.116. The third-order valence-electron chi connectivity index (χ3n) is 3.69. The van der Waals surface area contributed by atoms with Gasteiger partial charge in [-0.3, -0.25) is 10.2 Å². The van der Waals surface area contributed by atoms with Gasteiger partial charge in [0.2, 0.25) is 0 Å². The third kappa shape index (κ3) is 2.21. The van der Waals surface area contributed by atoms with E-state index in [4.69, 9.17) is 0 Å². The summed E-state index contributed by atoms with van der Waals surface area (Å²) in [5.74, 6) is 0.415. The first kappa shape index (κ1) is 12.9. The Hall–Kier alpha value is -2.13. The van der Waals surface area contributed by atoms with Crippen LogP contribution in [0.25, 0.3) is 16.8 Å². The van der Waals surface area contributed by atoms with Crippen molar-refractivity contribution in [3.63, 3.8) is 0 Å². The van der Waals surface area contributed by atoms with Crippen LogP contribution in [0.2, 0.25) is 0 Å². The van der Waals surface area contributed by atoms with Crippen LogP contribution in [0.1, 0.15) is 30.9 Å². The lowest BCUT2D eigenvalue weighted by Gasteiger charge is -2.12. The van der Waals surface area contributed by atoms with E-state index in [1.54, 1.807) is 0 Å². The summed E-state index contributed by atoms with van der Waals surface area (Å²) >= 11 is 0. The molecule has 2 N–H and O–H groups in total. The maximum Gasteiger partial charge on any atom is 0.262 e. The van der Waals surface area contributed by atoms with Crippen molar-refractivity contribution < 1.29 is 4.79 Å². The van der Waals surface area contributed by atoms with Crippen LogP contribution >= 0.6 is 0 Å². The summed E-state index contributed by atoms with van der Waals surface area (Å²) in [6, 6.07) is 12.6. The fraction of sp³-hybridized carbons (Fsp3) is 0.235. The first-order valence-electron chi connectivity index (χ1n) is 6.92. The minimum absolute atomic E-state index is 0.0379. The van der Waals surface area contributed by atoms with Gasteiger partial charge in [-0.1, -0.05) is 50.2 Å². The summed E-state index contributed by atoms with van der Waals surface area (Å²) < 4.78 is 0. The van der Waals surface area contributed by atoms with Crippen molar-refractivity contribution in [2.45, 2.75) is 19.8 Å². The largest absolute Gasteiger partial charge is 0.287 e. The standard InChI is InChI=1S/C17H18N2O/c1-11(2)15-8-4-6-12-5-3-7-13(16(12)15)9-14-10-18-19-17(14)20/h3-9,11,18H,10H2,1-2H3,(H,19,20)/b14-9+. The molecule has 1 aliphatic heterocycles. The molecule has 1 amide bonds. The molecule has 0 aromatic heterocycles. The molecule has 2 aromatic carbocycles. The van der Waals surface area contributed by atoms with E-state index in [0.29, 0.717) is 12.5 Å². The number of amides is 1. The van der Waals surface area contributed by atoms with Gasteiger partial charge in [-0.15, -0.1) is 0 Å². The van der Waals surface area contributed by atoms with Crippen molar-refractivity contribution in [2.75, 3.05) is 6.54 Å². The zero-order valence-corrected chi connectivity index (χ0v) is 11.7. The van der Waals surface area contributed by atoms with Gasteiger partial charge in [0.05, 0.1) is 0 Å². The van der Waals surface area contributed by atoms with Crippen LogP contribution in [0.15, 0.2) is 42.0 Å². The summed E-state index contributed by atoms with van der Waals surface area (Å²) in [6.07, 6.45) is 1.99. The summed E-state index contributed by atoms with van der Waals surface area (Å²) in [5.41, 5.74) is 8.68. The molecule has 1 aliphatic rings. The fourth-order valence-corrected chi connectivity index (χ4v) is 2.69. The maximum atomic E-state index is 11.7. The zero-order chi connectivity index (χ0) is 14.1. The number of rotatable bonds is 2. The molecule has 3 nitrogen and oxygen atoms in total. The van der Waals surface area contributed by atoms with Crippen LogP contribution in [-0.2, 0) is 4.79 Å². The van der Waals surface area contributed by atoms with E-state index in [9.17, 15) is 4.79 Å². The van der Waals surface area contributed by atoms with Crippen molar-refractivity contribution in [3.8, 4) is 0 Å². The number of carbonyl (C=O) groups is 1. The van der Waals surface area contributed by atoms with E-state index in [2.05, 4.69) is 55.0 Å². The van der Waals surface area contributed by atoms with Crippen molar-refractivity contribution in [2.24, 2.45) is 0 Å². The second kappa shape index (κ2) is 5.10. The minimum atomic E-state index is -0.0379. The normalized spacial score (nSPS) is 17.1. The topological polar surface area (TPSA) is 41.1 Å². The number of hydrogen-bond donors (Lipinski definition) is 2. The Labute approximate surface area is 118 Å². The monoisotopic (exact) mass is 266 g/mol. The Morgan fingerprint density at radius 1 is 1.15 bits per heavy atom. The molecule has 1 heterocycles. The Balaban J connectivity index is 2.23. The predicted octanol–water partition coefficient (Wildman–Crippen LogP) is 2.98. The van der Waals surface area contributed by atoms with Gasteiger partial charge in [0.25, 0.3) is 5.91 Å². The van der Waals surface area contributed by atoms with Gasteiger partial charge in [-0.05, 0) is 33.9 Å². The number of nitrogens with one attached hydrogen (secondary N) is 2. The van der Waals surface area contributed by atoms with Crippen LogP contribution < -0.4 is 10.9 Å². The zero-order valence-electron chi connectivity index (χ0n) is 11.7. The Kier molecular flexibility index (Phi) is 3.28. The number of benzene rings is 2. The predicted molar refractivity (Wildman–Crippen MR) is 82.2 cm³/mol. The Bertz CT molecular complexity index is 696. The van der Waals surface area contributed by atoms with Crippen LogP contribution in [0.4, 0.5) is 0 Å². The molecule has 102 valence electrons. The summed E-state index contributed by atoms with van der Waals surface area (Å²) in [7, 11) is 0. The summed E-state index contributed by atoms with van der Waals surface area (Å²) in [6.45, 7) is 4.96. The molecular weight excluding hydrogens is 248 g/mol. The van der Waals surface area contributed by atoms with Crippen LogP contribution in [0.5, 0.6) is 0 Å². The Morgan fingerprint density at radius 3 is 2.55 bits per heavy atom. The van der Waals surface area contributed by atoms with E-state index < -0.39 is 0 Å². The smallest absolute Gasteiger partial charge is 0.262 e. The van der Waals surface area contributed by atoms with Gasteiger partial charge in [0.1, 0.15) is 0 Å². The molecule has 3 rings (SSSR count). The molecule has 0 aliphatic carbocycles. The second-order valence-corrected chi connectivity index (χ2v) is 5.42. The highest BCUT2D eigenvalue weighted by molar-refractivity contribution is 6.03. The van der Waals surface area contributed by atoms with E-state index in [0.717, 1.165) is 11.1 Å². The van der Waals surface area contributed by atoms with Crippen LogP contribution in [-0.4, -0.2) is 12.5 Å². The van der Waals surface area contributed by atoms with Crippen LogP contribution in [0, 0.1) is 0 Å². The molecule has 20 heavy (non-hydrogen) atoms. The molecule has 0 atom stereocenters. The van der Waals surface area contributed by atoms with Gasteiger partial charge in [0.15, 0.2) is 0 Å². The third-order valence-corrected chi connectivity index (χ3v) is 3.69. The molecule has 0 spiro atoms. The molecule has 0 radical (unpaired) electrons. The van der Waals surface area contributed by atoms with Gasteiger partial charge in [0, 0.05) is 12.1 Å². The molecule has 1 fully saturated rings. The molecule has 1 saturated heterocycles. The van der Waals surface area contributed by atoms with E-state index >= 15 is 0 Å². The van der Waals surface area contributed by atoms with Crippen LogP contribution in [0.3, 0.4) is 0 Å². The van der Waals surface area contributed by atoms with E-state index in [1.807, 2.05) is 12.1 Å². The van der Waals surface area contributed by atoms with Crippen molar-refractivity contribution in [1.29, 1.82) is 0 Å². The van der Waals surface area contributed by atoms with Crippen molar-refractivity contribution >= 4 is 22.8 Å². The average molecular weight is 266 g/mol. The SMILES string of the molecule is CC(C)c1cccc2cccc(/C=C3\CNNC3=O)c12. The maximum absolute atomic E-state index is 11.7. The molecular formula is C17H18N2O. The van der Waals surface area contributed by atoms with Gasteiger partial charge in [-0.25, -0.2) is 5.43 Å². The van der Waals surface area contributed by atoms with Gasteiger partial charge < -0.3 is 0 Å². The molecule has 0 saturated carbocycles. The number of carbonyl (C=O) groups excluding carboxylic acids is 1. The molecule has 2 aromatic rings. The molecule has 0 bridgehead atoms. The van der Waals surface area contributed by atoms with Crippen molar-refractivity contribution in [3.05, 3.63) is 53.1 Å². The Morgan fingerprint density at radius 2 is 1.90 bits per heavy atom. The first-order valence-corrected chi connectivity index (χ1v) is 6.92. The first-order chi connectivity index (χ1) is 9.66. The lowest BCUT2D eigenvalue weighted by atomic mass is 9.92. The van der Waals surface area contributed by atoms with E-state index in [1.165, 1.54) is 16.3 Å². The number of hydrazine groups is 1. The van der Waals surface area contributed by atoms with E-state index in [-0.39, 0.29) is 5.91 Å². The van der Waals surface area contributed by atoms with Crippen molar-refractivity contribution in [1.82, 2.24) is 10.9 Å². The highest BCUT2D eigenvalue weighted by atomic mass is 16.2. The van der Waals surface area contributed by atoms with Gasteiger partial charge in [-0.2, -0.15) is 0 Å². The molecule has 0 unspecified atom stereocenters. The molecule has 3 heteroatoms. The fourth-order valence-electron chi connectivity index (χ4n) is 2.69. The number of fused-ring (bicyclic) bond motifs is 1. The summed E-state index contributed by atoms with van der Waals surface area (Å²) in [4.78, 5) is 11.7. The summed E-state index contributed by atoms with van der Waals surface area (Å²) in [5, 5.41) is 2.47. The highest BCUT2D eigenvalue weighted by Gasteiger charge is 2.16. The lowest BCUT2D eigenvalue weighted by Crippen LogP contribution is -2.25. The minimum Gasteiger partial charge on any atom is -0.287 e. The quantitative estimate of drug-likeness (QED) is 0.820. The van der Waals surface area contributed by atoms with Gasteiger partial charge >= 0.3 is 0 Å². The number of hydrogen-bond acceptors (Lipinski definition) is 2. The average Bonchev–Trinajstić information content (AvgIpc) is 2.84. The highest BCUT2D eigenvalue weighted by Crippen LogP contribution is 2.29. The second-order valence-electron chi connectivity index (χ2n) is 5.42.